The van der Waals surface area contributed by atoms with Crippen molar-refractivity contribution in [1.29, 1.82) is 0 Å². The summed E-state index contributed by atoms with van der Waals surface area (Å²) in [5.74, 6) is 0. The van der Waals surface area contributed by atoms with Gasteiger partial charge in [0, 0.05) is 28.2 Å². The zero-order valence-electron chi connectivity index (χ0n) is 14.1. The van der Waals surface area contributed by atoms with E-state index in [1.807, 2.05) is 35.2 Å². The highest BCUT2D eigenvalue weighted by molar-refractivity contribution is 7.10. The van der Waals surface area contributed by atoms with Gasteiger partial charge in [0.05, 0.1) is 11.7 Å². The Bertz CT molecular complexity index is 895. The molecule has 0 radical (unpaired) electrons. The Morgan fingerprint density at radius 2 is 1.92 bits per heavy atom. The summed E-state index contributed by atoms with van der Waals surface area (Å²) in [5.41, 5.74) is 2.81. The summed E-state index contributed by atoms with van der Waals surface area (Å²) in [7, 11) is 0. The Morgan fingerprint density at radius 1 is 1.15 bits per heavy atom. The number of anilines is 1. The average molecular weight is 384 g/mol. The predicted molar refractivity (Wildman–Crippen MR) is 107 cm³/mol. The van der Waals surface area contributed by atoms with E-state index in [2.05, 4.69) is 22.8 Å². The number of benzene rings is 2. The summed E-state index contributed by atoms with van der Waals surface area (Å²) in [6.45, 7) is 0.740. The van der Waals surface area contributed by atoms with Gasteiger partial charge in [-0.05, 0) is 37.1 Å². The van der Waals surface area contributed by atoms with Crippen molar-refractivity contribution in [3.8, 4) is 11.3 Å². The van der Waals surface area contributed by atoms with Crippen LogP contribution in [0.1, 0.15) is 23.9 Å². The molecule has 3 aromatic rings. The van der Waals surface area contributed by atoms with Gasteiger partial charge in [-0.25, -0.2) is 9.78 Å². The van der Waals surface area contributed by atoms with Crippen molar-refractivity contribution in [2.24, 2.45) is 0 Å². The Balaban J connectivity index is 1.50. The number of carbonyl (C=O) groups excluding carboxylic acids is 1. The van der Waals surface area contributed by atoms with Crippen LogP contribution in [0.3, 0.4) is 0 Å². The standard InChI is InChI=1S/C20H18ClN3OS/c21-15-8-10-16(11-9-15)22-20(25)24-12-4-7-18(24)19-23-17(13-26-19)14-5-2-1-3-6-14/h1-3,5-6,8-11,13,18H,4,7,12H2,(H,22,25)/t18-/m0/s1. The maximum atomic E-state index is 12.7. The molecule has 4 rings (SSSR count). The smallest absolute Gasteiger partial charge is 0.315 e. The lowest BCUT2D eigenvalue weighted by Crippen LogP contribution is -2.34. The van der Waals surface area contributed by atoms with Crippen LogP contribution < -0.4 is 5.32 Å². The van der Waals surface area contributed by atoms with Crippen LogP contribution in [0.15, 0.2) is 60.0 Å². The number of amides is 2. The van der Waals surface area contributed by atoms with E-state index >= 15 is 0 Å². The third kappa shape index (κ3) is 3.59. The molecule has 2 aromatic carbocycles. The molecule has 0 aliphatic carbocycles. The second-order valence-corrected chi connectivity index (χ2v) is 7.55. The number of halogens is 1. The lowest BCUT2D eigenvalue weighted by atomic mass is 10.2. The SMILES string of the molecule is O=C(Nc1ccc(Cl)cc1)N1CCC[C@H]1c1nc(-c2ccccc2)cs1. The van der Waals surface area contributed by atoms with Crippen molar-refractivity contribution < 1.29 is 4.79 Å². The van der Waals surface area contributed by atoms with Crippen molar-refractivity contribution in [1.82, 2.24) is 9.88 Å². The molecule has 1 atom stereocenters. The summed E-state index contributed by atoms with van der Waals surface area (Å²) >= 11 is 7.52. The first kappa shape index (κ1) is 17.1. The monoisotopic (exact) mass is 383 g/mol. The minimum absolute atomic E-state index is 0.0322. The Kier molecular flexibility index (Phi) is 4.91. The van der Waals surface area contributed by atoms with Crippen molar-refractivity contribution in [2.45, 2.75) is 18.9 Å². The number of hydrogen-bond acceptors (Lipinski definition) is 3. The summed E-state index contributed by atoms with van der Waals surface area (Å²) < 4.78 is 0. The number of nitrogens with zero attached hydrogens (tertiary/aromatic N) is 2. The molecule has 0 unspecified atom stereocenters. The molecule has 0 bridgehead atoms. The molecule has 1 fully saturated rings. The zero-order chi connectivity index (χ0) is 17.9. The summed E-state index contributed by atoms with van der Waals surface area (Å²) in [6, 6.07) is 17.2. The molecule has 0 saturated carbocycles. The molecule has 2 amide bonds. The van der Waals surface area contributed by atoms with Crippen LogP contribution in [0.25, 0.3) is 11.3 Å². The van der Waals surface area contributed by atoms with Gasteiger partial charge in [0.25, 0.3) is 0 Å². The molecule has 6 heteroatoms. The van der Waals surface area contributed by atoms with Crippen LogP contribution in [0, 0.1) is 0 Å². The molecular weight excluding hydrogens is 366 g/mol. The number of likely N-dealkylation sites (tertiary alicyclic amines) is 1. The van der Waals surface area contributed by atoms with Gasteiger partial charge in [-0.1, -0.05) is 41.9 Å². The molecule has 2 heterocycles. The van der Waals surface area contributed by atoms with Crippen molar-refractivity contribution >= 4 is 34.7 Å². The molecule has 1 aromatic heterocycles. The van der Waals surface area contributed by atoms with E-state index in [9.17, 15) is 4.79 Å². The van der Waals surface area contributed by atoms with Gasteiger partial charge < -0.3 is 10.2 Å². The maximum absolute atomic E-state index is 12.7. The van der Waals surface area contributed by atoms with Gasteiger partial charge in [-0.15, -0.1) is 11.3 Å². The third-order valence-corrected chi connectivity index (χ3v) is 5.68. The van der Waals surface area contributed by atoms with E-state index in [1.165, 1.54) is 0 Å². The summed E-state index contributed by atoms with van der Waals surface area (Å²) in [5, 5.41) is 6.67. The van der Waals surface area contributed by atoms with E-state index in [1.54, 1.807) is 23.5 Å². The van der Waals surface area contributed by atoms with Gasteiger partial charge in [0.2, 0.25) is 0 Å². The number of nitrogens with one attached hydrogen (secondary N) is 1. The highest BCUT2D eigenvalue weighted by Gasteiger charge is 2.32. The van der Waals surface area contributed by atoms with Crippen LogP contribution in [0.5, 0.6) is 0 Å². The third-order valence-electron chi connectivity index (χ3n) is 4.49. The summed E-state index contributed by atoms with van der Waals surface area (Å²) in [6.07, 6.45) is 1.93. The average Bonchev–Trinajstić information content (AvgIpc) is 3.33. The van der Waals surface area contributed by atoms with Crippen molar-refractivity contribution in [3.05, 3.63) is 70.0 Å². The van der Waals surface area contributed by atoms with Crippen LogP contribution in [0.4, 0.5) is 10.5 Å². The van der Waals surface area contributed by atoms with Gasteiger partial charge in [-0.3, -0.25) is 0 Å². The maximum Gasteiger partial charge on any atom is 0.322 e. The molecule has 1 aliphatic heterocycles. The van der Waals surface area contributed by atoms with Gasteiger partial charge in [0.1, 0.15) is 5.01 Å². The molecule has 4 nitrogen and oxygen atoms in total. The Morgan fingerprint density at radius 3 is 2.69 bits per heavy atom. The fourth-order valence-corrected chi connectivity index (χ4v) is 4.28. The summed E-state index contributed by atoms with van der Waals surface area (Å²) in [4.78, 5) is 19.4. The number of urea groups is 1. The molecule has 26 heavy (non-hydrogen) atoms. The Labute approximate surface area is 161 Å². The lowest BCUT2D eigenvalue weighted by molar-refractivity contribution is 0.207. The number of carbonyl (C=O) groups is 1. The molecular formula is C20H18ClN3OS. The number of hydrogen-bond donors (Lipinski definition) is 1. The normalized spacial score (nSPS) is 16.7. The first-order chi connectivity index (χ1) is 12.7. The van der Waals surface area contributed by atoms with Gasteiger partial charge >= 0.3 is 6.03 Å². The highest BCUT2D eigenvalue weighted by Crippen LogP contribution is 2.36. The molecule has 0 spiro atoms. The van der Waals surface area contributed by atoms with Crippen LogP contribution >= 0.6 is 22.9 Å². The quantitative estimate of drug-likeness (QED) is 0.618. The van der Waals surface area contributed by atoms with E-state index in [0.29, 0.717) is 5.02 Å². The minimum atomic E-state index is -0.0914. The second kappa shape index (κ2) is 7.48. The van der Waals surface area contributed by atoms with Crippen LogP contribution in [-0.2, 0) is 0 Å². The number of aromatic nitrogens is 1. The number of rotatable bonds is 3. The van der Waals surface area contributed by atoms with E-state index < -0.39 is 0 Å². The molecule has 1 saturated heterocycles. The largest absolute Gasteiger partial charge is 0.322 e. The molecule has 1 N–H and O–H groups in total. The molecule has 1 aliphatic rings. The van der Waals surface area contributed by atoms with Gasteiger partial charge in [0.15, 0.2) is 0 Å². The van der Waals surface area contributed by atoms with E-state index in [-0.39, 0.29) is 12.1 Å². The van der Waals surface area contributed by atoms with Crippen molar-refractivity contribution in [3.63, 3.8) is 0 Å². The first-order valence-electron chi connectivity index (χ1n) is 8.55. The van der Waals surface area contributed by atoms with E-state index in [4.69, 9.17) is 16.6 Å². The number of thiazole rings is 1. The van der Waals surface area contributed by atoms with Crippen molar-refractivity contribution in [2.75, 3.05) is 11.9 Å². The zero-order valence-corrected chi connectivity index (χ0v) is 15.6. The first-order valence-corrected chi connectivity index (χ1v) is 9.80. The minimum Gasteiger partial charge on any atom is -0.315 e. The predicted octanol–water partition coefficient (Wildman–Crippen LogP) is 5.83. The molecule has 132 valence electrons. The van der Waals surface area contributed by atoms with Crippen LogP contribution in [0.2, 0.25) is 5.02 Å². The Hall–Kier alpha value is -2.37. The topological polar surface area (TPSA) is 45.2 Å². The fourth-order valence-electron chi connectivity index (χ4n) is 3.18. The fraction of sp³-hybridized carbons (Fsp3) is 0.200. The highest BCUT2D eigenvalue weighted by atomic mass is 35.5. The van der Waals surface area contributed by atoms with Gasteiger partial charge in [-0.2, -0.15) is 0 Å². The lowest BCUT2D eigenvalue weighted by Gasteiger charge is -2.23. The van der Waals surface area contributed by atoms with Crippen LogP contribution in [-0.4, -0.2) is 22.5 Å². The second-order valence-electron chi connectivity index (χ2n) is 6.23. The van der Waals surface area contributed by atoms with E-state index in [0.717, 1.165) is 41.3 Å².